The normalized spacial score (nSPS) is 10.8. The number of aromatic hydroxyl groups is 1. The Kier molecular flexibility index (Phi) is 6.15. The van der Waals surface area contributed by atoms with Gasteiger partial charge in [-0.1, -0.05) is 12.1 Å². The number of carbonyl (C=O) groups is 2. The minimum absolute atomic E-state index is 0.0966. The Balaban J connectivity index is 2.08. The highest BCUT2D eigenvalue weighted by Gasteiger charge is 2.20. The summed E-state index contributed by atoms with van der Waals surface area (Å²) in [5.41, 5.74) is 2.01. The number of nitrogens with zero attached hydrogens (tertiary/aromatic N) is 1. The predicted molar refractivity (Wildman–Crippen MR) is 111 cm³/mol. The van der Waals surface area contributed by atoms with Crippen LogP contribution in [0.5, 0.6) is 5.75 Å². The Hall–Kier alpha value is -3.68. The number of rotatable bonds is 5. The summed E-state index contributed by atoms with van der Waals surface area (Å²) in [4.78, 5) is 28.6. The zero-order valence-corrected chi connectivity index (χ0v) is 16.8. The minimum Gasteiger partial charge on any atom is -0.505 e. The number of halogens is 1. The fourth-order valence-electron chi connectivity index (χ4n) is 3.04. The molecule has 0 aliphatic rings. The SMILES string of the molecule is COC(=O)c1cc(NC(=O)NC(C)C)c2cc(Cc3ccc(F)cc3)cnc2c1O. The first kappa shape index (κ1) is 21.0. The molecule has 7 nitrogen and oxygen atoms in total. The molecule has 0 saturated carbocycles. The average molecular weight is 411 g/mol. The molecule has 3 rings (SSSR count). The molecule has 0 saturated heterocycles. The maximum absolute atomic E-state index is 13.2. The van der Waals surface area contributed by atoms with Crippen molar-refractivity contribution in [2.45, 2.75) is 26.3 Å². The predicted octanol–water partition coefficient (Wildman–Crippen LogP) is 3.99. The van der Waals surface area contributed by atoms with Crippen molar-refractivity contribution in [3.63, 3.8) is 0 Å². The third kappa shape index (κ3) is 4.65. The number of urea groups is 1. The molecule has 2 aromatic carbocycles. The van der Waals surface area contributed by atoms with Gasteiger partial charge in [-0.25, -0.2) is 14.0 Å². The number of phenols is 1. The number of hydrogen-bond acceptors (Lipinski definition) is 5. The third-order valence-electron chi connectivity index (χ3n) is 4.40. The topological polar surface area (TPSA) is 101 Å². The van der Waals surface area contributed by atoms with Crippen molar-refractivity contribution in [2.24, 2.45) is 0 Å². The average Bonchev–Trinajstić information content (AvgIpc) is 2.70. The van der Waals surface area contributed by atoms with E-state index >= 15 is 0 Å². The number of methoxy groups -OCH3 is 1. The van der Waals surface area contributed by atoms with Gasteiger partial charge >= 0.3 is 12.0 Å². The van der Waals surface area contributed by atoms with E-state index in [1.54, 1.807) is 24.4 Å². The lowest BCUT2D eigenvalue weighted by Crippen LogP contribution is -2.34. The molecule has 3 N–H and O–H groups in total. The van der Waals surface area contributed by atoms with E-state index in [0.717, 1.165) is 11.1 Å². The lowest BCUT2D eigenvalue weighted by molar-refractivity contribution is 0.0597. The van der Waals surface area contributed by atoms with Gasteiger partial charge in [0.1, 0.15) is 16.9 Å². The van der Waals surface area contributed by atoms with Crippen molar-refractivity contribution in [1.82, 2.24) is 10.3 Å². The second-order valence-corrected chi connectivity index (χ2v) is 7.11. The van der Waals surface area contributed by atoms with E-state index in [0.29, 0.717) is 17.5 Å². The summed E-state index contributed by atoms with van der Waals surface area (Å²) < 4.78 is 17.9. The quantitative estimate of drug-likeness (QED) is 0.435. The molecule has 0 fully saturated rings. The van der Waals surface area contributed by atoms with Crippen LogP contribution in [0.15, 0.2) is 42.6 Å². The van der Waals surface area contributed by atoms with E-state index in [2.05, 4.69) is 15.6 Å². The molecule has 0 unspecified atom stereocenters. The van der Waals surface area contributed by atoms with Crippen molar-refractivity contribution < 1.29 is 23.8 Å². The van der Waals surface area contributed by atoms with Gasteiger partial charge < -0.3 is 20.5 Å². The van der Waals surface area contributed by atoms with Gasteiger partial charge in [-0.2, -0.15) is 0 Å². The number of carbonyl (C=O) groups excluding carboxylic acids is 2. The molecule has 0 atom stereocenters. The van der Waals surface area contributed by atoms with Crippen LogP contribution in [0.3, 0.4) is 0 Å². The number of aromatic nitrogens is 1. The number of hydrogen-bond donors (Lipinski definition) is 3. The Morgan fingerprint density at radius 1 is 1.17 bits per heavy atom. The van der Waals surface area contributed by atoms with Gasteiger partial charge in [0.2, 0.25) is 0 Å². The first-order valence-electron chi connectivity index (χ1n) is 9.33. The van der Waals surface area contributed by atoms with Crippen LogP contribution < -0.4 is 10.6 Å². The largest absolute Gasteiger partial charge is 0.505 e. The summed E-state index contributed by atoms with van der Waals surface area (Å²) in [7, 11) is 1.20. The molecule has 0 radical (unpaired) electrons. The lowest BCUT2D eigenvalue weighted by atomic mass is 10.0. The number of benzene rings is 2. The first-order chi connectivity index (χ1) is 14.3. The summed E-state index contributed by atoms with van der Waals surface area (Å²) in [5, 5.41) is 16.4. The van der Waals surface area contributed by atoms with E-state index in [-0.39, 0.29) is 28.7 Å². The number of ether oxygens (including phenoxy) is 1. The van der Waals surface area contributed by atoms with Crippen molar-refractivity contribution in [2.75, 3.05) is 12.4 Å². The maximum Gasteiger partial charge on any atom is 0.341 e. The molecule has 0 aliphatic heterocycles. The summed E-state index contributed by atoms with van der Waals surface area (Å²) in [6, 6.07) is 8.66. The molecule has 30 heavy (non-hydrogen) atoms. The van der Waals surface area contributed by atoms with Crippen LogP contribution in [0.1, 0.15) is 35.3 Å². The number of fused-ring (bicyclic) bond motifs is 1. The number of nitrogens with one attached hydrogen (secondary N) is 2. The van der Waals surface area contributed by atoms with Crippen LogP contribution in [-0.4, -0.2) is 35.2 Å². The monoisotopic (exact) mass is 411 g/mol. The fourth-order valence-corrected chi connectivity index (χ4v) is 3.04. The fraction of sp³-hybridized carbons (Fsp3) is 0.227. The van der Waals surface area contributed by atoms with Crippen LogP contribution >= 0.6 is 0 Å². The highest BCUT2D eigenvalue weighted by Crippen LogP contribution is 2.34. The van der Waals surface area contributed by atoms with Gasteiger partial charge in [-0.15, -0.1) is 0 Å². The molecule has 0 bridgehead atoms. The van der Waals surface area contributed by atoms with Gasteiger partial charge in [-0.05, 0) is 55.7 Å². The van der Waals surface area contributed by atoms with Gasteiger partial charge in [-0.3, -0.25) is 4.98 Å². The summed E-state index contributed by atoms with van der Waals surface area (Å²) in [6.45, 7) is 3.63. The van der Waals surface area contributed by atoms with Gasteiger partial charge in [0, 0.05) is 17.6 Å². The Bertz CT molecular complexity index is 1100. The van der Waals surface area contributed by atoms with Crippen molar-refractivity contribution >= 4 is 28.6 Å². The van der Waals surface area contributed by atoms with Crippen molar-refractivity contribution in [3.05, 3.63) is 65.1 Å². The number of anilines is 1. The third-order valence-corrected chi connectivity index (χ3v) is 4.40. The van der Waals surface area contributed by atoms with Gasteiger partial charge in [0.05, 0.1) is 12.8 Å². The zero-order chi connectivity index (χ0) is 21.8. The molecule has 1 heterocycles. The van der Waals surface area contributed by atoms with Crippen LogP contribution in [0.4, 0.5) is 14.9 Å². The highest BCUT2D eigenvalue weighted by molar-refractivity contribution is 6.08. The highest BCUT2D eigenvalue weighted by atomic mass is 19.1. The van der Waals surface area contributed by atoms with Crippen LogP contribution in [0, 0.1) is 5.82 Å². The van der Waals surface area contributed by atoms with Crippen molar-refractivity contribution in [3.8, 4) is 5.75 Å². The van der Waals surface area contributed by atoms with E-state index in [4.69, 9.17) is 4.74 Å². The molecular weight excluding hydrogens is 389 g/mol. The first-order valence-corrected chi connectivity index (χ1v) is 9.33. The molecular formula is C22H22FN3O4. The van der Waals surface area contributed by atoms with Crippen LogP contribution in [-0.2, 0) is 11.2 Å². The standard InChI is InChI=1S/C22H22FN3O4/c1-12(2)25-22(29)26-18-10-17(21(28)30-3)20(27)19-16(18)9-14(11-24-19)8-13-4-6-15(23)7-5-13/h4-7,9-12,27H,8H2,1-3H3,(H2,25,26,29). The Labute approximate surface area is 172 Å². The van der Waals surface area contributed by atoms with Gasteiger partial charge in [0.25, 0.3) is 0 Å². The van der Waals surface area contributed by atoms with E-state index in [9.17, 15) is 19.1 Å². The summed E-state index contributed by atoms with van der Waals surface area (Å²) in [6.07, 6.45) is 2.03. The number of amides is 2. The molecule has 156 valence electrons. The summed E-state index contributed by atoms with van der Waals surface area (Å²) in [5.74, 6) is -1.41. The maximum atomic E-state index is 13.2. The molecule has 3 aromatic rings. The van der Waals surface area contributed by atoms with Crippen molar-refractivity contribution in [1.29, 1.82) is 0 Å². The smallest absolute Gasteiger partial charge is 0.341 e. The summed E-state index contributed by atoms with van der Waals surface area (Å²) >= 11 is 0. The zero-order valence-electron chi connectivity index (χ0n) is 16.8. The molecule has 0 aliphatic carbocycles. The van der Waals surface area contributed by atoms with Crippen LogP contribution in [0.2, 0.25) is 0 Å². The van der Waals surface area contributed by atoms with Gasteiger partial charge in [0.15, 0.2) is 5.75 Å². The lowest BCUT2D eigenvalue weighted by Gasteiger charge is -2.15. The van der Waals surface area contributed by atoms with Crippen LogP contribution in [0.25, 0.3) is 10.9 Å². The van der Waals surface area contributed by atoms with E-state index < -0.39 is 12.0 Å². The molecule has 2 amide bonds. The van der Waals surface area contributed by atoms with E-state index in [1.807, 2.05) is 13.8 Å². The second kappa shape index (κ2) is 8.77. The molecule has 8 heteroatoms. The number of esters is 1. The molecule has 1 aromatic heterocycles. The minimum atomic E-state index is -0.751. The number of pyridine rings is 1. The Morgan fingerprint density at radius 2 is 1.87 bits per heavy atom. The molecule has 0 spiro atoms. The Morgan fingerprint density at radius 3 is 2.50 bits per heavy atom. The number of phenolic OH excluding ortho intramolecular Hbond substituents is 1. The second-order valence-electron chi connectivity index (χ2n) is 7.11. The van der Waals surface area contributed by atoms with E-state index in [1.165, 1.54) is 25.3 Å².